The van der Waals surface area contributed by atoms with Gasteiger partial charge < -0.3 is 15.0 Å². The van der Waals surface area contributed by atoms with Crippen molar-refractivity contribution in [2.24, 2.45) is 10.9 Å². The molecular weight excluding hydrogens is 457 g/mol. The normalized spacial score (nSPS) is 19.5. The first-order valence-electron chi connectivity index (χ1n) is 9.44. The van der Waals surface area contributed by atoms with Crippen molar-refractivity contribution in [2.75, 3.05) is 40.4 Å². The van der Waals surface area contributed by atoms with Gasteiger partial charge in [0.1, 0.15) is 0 Å². The summed E-state index contributed by atoms with van der Waals surface area (Å²) in [7, 11) is 4.04. The highest BCUT2D eigenvalue weighted by molar-refractivity contribution is 14.0. The van der Waals surface area contributed by atoms with Crippen molar-refractivity contribution >= 4 is 41.7 Å². The third-order valence-electron chi connectivity index (χ3n) is 5.24. The van der Waals surface area contributed by atoms with Crippen LogP contribution in [0.3, 0.4) is 0 Å². The molecule has 6 heteroatoms. The SMILES string of the molecule is CN=C(NCC1(Sc2ccccc2)CC1)N(C)CCC1CCOCC1.I. The molecule has 146 valence electrons. The van der Waals surface area contributed by atoms with E-state index >= 15 is 0 Å². The summed E-state index contributed by atoms with van der Waals surface area (Å²) >= 11 is 2.01. The van der Waals surface area contributed by atoms with Gasteiger partial charge in [-0.3, -0.25) is 4.99 Å². The maximum Gasteiger partial charge on any atom is 0.193 e. The minimum Gasteiger partial charge on any atom is -0.381 e. The number of hydrogen-bond acceptors (Lipinski definition) is 3. The van der Waals surface area contributed by atoms with Crippen LogP contribution < -0.4 is 5.32 Å². The maximum atomic E-state index is 5.45. The molecule has 1 saturated heterocycles. The molecule has 4 nitrogen and oxygen atoms in total. The number of rotatable bonds is 7. The van der Waals surface area contributed by atoms with Gasteiger partial charge in [0.05, 0.1) is 0 Å². The van der Waals surface area contributed by atoms with Crippen molar-refractivity contribution in [2.45, 2.75) is 41.7 Å². The fraction of sp³-hybridized carbons (Fsp3) is 0.650. The first-order valence-corrected chi connectivity index (χ1v) is 10.3. The molecule has 1 N–H and O–H groups in total. The van der Waals surface area contributed by atoms with Crippen LogP contribution >= 0.6 is 35.7 Å². The molecule has 1 aliphatic carbocycles. The summed E-state index contributed by atoms with van der Waals surface area (Å²) in [4.78, 5) is 8.13. The summed E-state index contributed by atoms with van der Waals surface area (Å²) < 4.78 is 5.80. The molecule has 1 aromatic carbocycles. The molecule has 0 radical (unpaired) electrons. The lowest BCUT2D eigenvalue weighted by Crippen LogP contribution is -2.43. The molecule has 2 aliphatic rings. The number of benzene rings is 1. The third-order valence-corrected chi connectivity index (χ3v) is 6.73. The number of aliphatic imine (C=N–C) groups is 1. The average Bonchev–Trinajstić information content (AvgIpc) is 3.41. The monoisotopic (exact) mass is 489 g/mol. The van der Waals surface area contributed by atoms with E-state index in [0.29, 0.717) is 4.75 Å². The van der Waals surface area contributed by atoms with Crippen LogP contribution in [0.4, 0.5) is 0 Å². The summed E-state index contributed by atoms with van der Waals surface area (Å²) in [6.45, 7) is 3.91. The van der Waals surface area contributed by atoms with Crippen molar-refractivity contribution in [3.8, 4) is 0 Å². The second-order valence-corrected chi connectivity index (χ2v) is 8.81. The van der Waals surface area contributed by atoms with E-state index in [2.05, 4.69) is 52.6 Å². The van der Waals surface area contributed by atoms with Gasteiger partial charge in [0, 0.05) is 50.0 Å². The number of halogens is 1. The summed E-state index contributed by atoms with van der Waals surface area (Å²) in [5.74, 6) is 1.82. The van der Waals surface area contributed by atoms with Crippen molar-refractivity contribution in [3.63, 3.8) is 0 Å². The van der Waals surface area contributed by atoms with Crippen molar-refractivity contribution in [3.05, 3.63) is 30.3 Å². The zero-order valence-corrected chi connectivity index (χ0v) is 19.1. The standard InChI is InChI=1S/C20H31N3OS.HI/c1-21-19(23(2)13-8-17-9-14-24-15-10-17)22-16-20(11-12-20)25-18-6-4-3-5-7-18;/h3-7,17H,8-16H2,1-2H3,(H,21,22);1H. The lowest BCUT2D eigenvalue weighted by atomic mass is 9.96. The zero-order chi connectivity index (χ0) is 17.5. The van der Waals surface area contributed by atoms with E-state index in [1.165, 1.54) is 37.0 Å². The van der Waals surface area contributed by atoms with Crippen LogP contribution in [0.2, 0.25) is 0 Å². The van der Waals surface area contributed by atoms with Crippen LogP contribution in [-0.4, -0.2) is 56.0 Å². The van der Waals surface area contributed by atoms with Crippen LogP contribution in [0.15, 0.2) is 40.2 Å². The maximum absolute atomic E-state index is 5.45. The Morgan fingerprint density at radius 3 is 2.58 bits per heavy atom. The molecule has 1 saturated carbocycles. The van der Waals surface area contributed by atoms with Crippen molar-refractivity contribution in [1.29, 1.82) is 0 Å². The second-order valence-electron chi connectivity index (χ2n) is 7.26. The minimum atomic E-state index is 0. The minimum absolute atomic E-state index is 0. The largest absolute Gasteiger partial charge is 0.381 e. The Morgan fingerprint density at radius 1 is 1.27 bits per heavy atom. The summed E-state index contributed by atoms with van der Waals surface area (Å²) in [6, 6.07) is 10.7. The number of guanidine groups is 1. The average molecular weight is 489 g/mol. The highest BCUT2D eigenvalue weighted by Gasteiger charge is 2.43. The van der Waals surface area contributed by atoms with Gasteiger partial charge in [-0.1, -0.05) is 18.2 Å². The first kappa shape index (κ1) is 21.8. The molecule has 26 heavy (non-hydrogen) atoms. The molecule has 1 heterocycles. The van der Waals surface area contributed by atoms with Gasteiger partial charge in [0.15, 0.2) is 5.96 Å². The fourth-order valence-electron chi connectivity index (χ4n) is 3.33. The first-order chi connectivity index (χ1) is 12.2. The molecule has 1 aromatic rings. The zero-order valence-electron chi connectivity index (χ0n) is 15.9. The molecule has 1 aliphatic heterocycles. The van der Waals surface area contributed by atoms with Crippen LogP contribution in [0.25, 0.3) is 0 Å². The second kappa shape index (κ2) is 10.8. The molecule has 0 atom stereocenters. The van der Waals surface area contributed by atoms with Gasteiger partial charge in [0.25, 0.3) is 0 Å². The molecule has 3 rings (SSSR count). The fourth-order valence-corrected chi connectivity index (χ4v) is 4.58. The summed E-state index contributed by atoms with van der Waals surface area (Å²) in [5, 5.41) is 3.61. The Balaban J connectivity index is 0.00000243. The smallest absolute Gasteiger partial charge is 0.193 e. The van der Waals surface area contributed by atoms with Gasteiger partial charge in [-0.25, -0.2) is 0 Å². The van der Waals surface area contributed by atoms with Gasteiger partial charge in [-0.15, -0.1) is 35.7 Å². The Hall–Kier alpha value is -0.470. The molecule has 2 fully saturated rings. The molecular formula is C20H32IN3OS. The topological polar surface area (TPSA) is 36.9 Å². The molecule has 0 bridgehead atoms. The highest BCUT2D eigenvalue weighted by Crippen LogP contribution is 2.51. The number of hydrogen-bond donors (Lipinski definition) is 1. The Bertz CT molecular complexity index is 559. The lowest BCUT2D eigenvalue weighted by molar-refractivity contribution is 0.0625. The third kappa shape index (κ3) is 6.60. The van der Waals surface area contributed by atoms with Gasteiger partial charge in [-0.2, -0.15) is 0 Å². The van der Waals surface area contributed by atoms with Gasteiger partial charge in [-0.05, 0) is 50.2 Å². The van der Waals surface area contributed by atoms with E-state index in [4.69, 9.17) is 4.74 Å². The van der Waals surface area contributed by atoms with E-state index in [0.717, 1.165) is 38.2 Å². The van der Waals surface area contributed by atoms with Crippen molar-refractivity contribution in [1.82, 2.24) is 10.2 Å². The predicted octanol–water partition coefficient (Wildman–Crippen LogP) is 4.25. The van der Waals surface area contributed by atoms with Crippen molar-refractivity contribution < 1.29 is 4.74 Å². The van der Waals surface area contributed by atoms with E-state index in [-0.39, 0.29) is 24.0 Å². The van der Waals surface area contributed by atoms with Crippen LogP contribution in [0.1, 0.15) is 32.1 Å². The van der Waals surface area contributed by atoms with E-state index in [1.807, 2.05) is 18.8 Å². The molecule has 0 amide bonds. The lowest BCUT2D eigenvalue weighted by Gasteiger charge is -2.27. The predicted molar refractivity (Wildman–Crippen MR) is 122 cm³/mol. The van der Waals surface area contributed by atoms with Gasteiger partial charge in [0.2, 0.25) is 0 Å². The van der Waals surface area contributed by atoms with E-state index < -0.39 is 0 Å². The van der Waals surface area contributed by atoms with E-state index in [1.54, 1.807) is 0 Å². The van der Waals surface area contributed by atoms with E-state index in [9.17, 15) is 0 Å². The number of nitrogens with one attached hydrogen (secondary N) is 1. The van der Waals surface area contributed by atoms with Crippen LogP contribution in [-0.2, 0) is 4.74 Å². The molecule has 0 aromatic heterocycles. The number of ether oxygens (including phenoxy) is 1. The summed E-state index contributed by atoms with van der Waals surface area (Å²) in [5.41, 5.74) is 0. The van der Waals surface area contributed by atoms with Gasteiger partial charge >= 0.3 is 0 Å². The molecule has 0 unspecified atom stereocenters. The summed E-state index contributed by atoms with van der Waals surface area (Å²) in [6.07, 6.45) is 6.20. The molecule has 0 spiro atoms. The van der Waals surface area contributed by atoms with Crippen LogP contribution in [0, 0.1) is 5.92 Å². The highest BCUT2D eigenvalue weighted by atomic mass is 127. The van der Waals surface area contributed by atoms with Crippen LogP contribution in [0.5, 0.6) is 0 Å². The number of nitrogens with zero attached hydrogens (tertiary/aromatic N) is 2. The Kier molecular flexibility index (Phi) is 9.03. The number of thioether (sulfide) groups is 1. The quantitative estimate of drug-likeness (QED) is 0.353. The Labute approximate surface area is 179 Å². The Morgan fingerprint density at radius 2 is 1.96 bits per heavy atom.